The number of aromatic nitrogens is 1. The molecule has 0 radical (unpaired) electrons. The van der Waals surface area contributed by atoms with Crippen LogP contribution < -0.4 is 16.0 Å². The van der Waals surface area contributed by atoms with Crippen LogP contribution in [0.1, 0.15) is 0 Å². The fourth-order valence-electron chi connectivity index (χ4n) is 1.36. The first-order valence-electron chi connectivity index (χ1n) is 5.22. The number of nitrogens with two attached hydrogens (primary N) is 1. The molecule has 0 spiro atoms. The second-order valence-corrected chi connectivity index (χ2v) is 6.23. The van der Waals surface area contributed by atoms with E-state index in [2.05, 4.69) is 31.1 Å². The van der Waals surface area contributed by atoms with E-state index in [0.29, 0.717) is 11.5 Å². The summed E-state index contributed by atoms with van der Waals surface area (Å²) in [6, 6.07) is 9.71. The summed E-state index contributed by atoms with van der Waals surface area (Å²) >= 11 is 3.28. The number of nitrogens with one attached hydrogen (secondary N) is 2. The van der Waals surface area contributed by atoms with E-state index in [1.54, 1.807) is 24.3 Å². The van der Waals surface area contributed by atoms with Crippen LogP contribution >= 0.6 is 15.9 Å². The molecule has 8 heteroatoms. The third-order valence-electron chi connectivity index (χ3n) is 2.29. The van der Waals surface area contributed by atoms with Gasteiger partial charge in [-0.1, -0.05) is 15.9 Å². The SMILES string of the molecule is NNc1ccc(S(=O)(=O)Nc2ccc(Br)cc2)cn1. The number of anilines is 2. The van der Waals surface area contributed by atoms with Gasteiger partial charge in [-0.3, -0.25) is 4.72 Å². The molecular weight excluding hydrogens is 332 g/mol. The number of hydrogen-bond acceptors (Lipinski definition) is 5. The largest absolute Gasteiger partial charge is 0.308 e. The zero-order valence-corrected chi connectivity index (χ0v) is 12.1. The Balaban J connectivity index is 2.24. The van der Waals surface area contributed by atoms with E-state index in [1.165, 1.54) is 18.3 Å². The summed E-state index contributed by atoms with van der Waals surface area (Å²) in [4.78, 5) is 3.92. The maximum atomic E-state index is 12.1. The molecule has 0 atom stereocenters. The van der Waals surface area contributed by atoms with Crippen LogP contribution in [0, 0.1) is 0 Å². The summed E-state index contributed by atoms with van der Waals surface area (Å²) in [5, 5.41) is 0. The van der Waals surface area contributed by atoms with E-state index in [4.69, 9.17) is 5.84 Å². The predicted molar refractivity (Wildman–Crippen MR) is 77.0 cm³/mol. The van der Waals surface area contributed by atoms with Crippen molar-refractivity contribution < 1.29 is 8.42 Å². The van der Waals surface area contributed by atoms with Crippen molar-refractivity contribution >= 4 is 37.5 Å². The van der Waals surface area contributed by atoms with Crippen molar-refractivity contribution in [3.05, 3.63) is 47.1 Å². The van der Waals surface area contributed by atoms with E-state index in [1.807, 2.05) is 0 Å². The smallest absolute Gasteiger partial charge is 0.263 e. The summed E-state index contributed by atoms with van der Waals surface area (Å²) < 4.78 is 27.5. The zero-order chi connectivity index (χ0) is 13.9. The highest BCUT2D eigenvalue weighted by atomic mass is 79.9. The molecule has 0 aliphatic carbocycles. The van der Waals surface area contributed by atoms with Crippen LogP contribution in [0.3, 0.4) is 0 Å². The number of nitrogens with zero attached hydrogens (tertiary/aromatic N) is 1. The Bertz CT molecular complexity index is 656. The zero-order valence-electron chi connectivity index (χ0n) is 9.67. The van der Waals surface area contributed by atoms with Gasteiger partial charge in [0.25, 0.3) is 10.0 Å². The molecule has 1 aromatic carbocycles. The van der Waals surface area contributed by atoms with Crippen molar-refractivity contribution in [2.45, 2.75) is 4.90 Å². The Labute approximate surface area is 119 Å². The van der Waals surface area contributed by atoms with Gasteiger partial charge in [0.15, 0.2) is 0 Å². The molecular formula is C11H11BrN4O2S. The number of hydrogen-bond donors (Lipinski definition) is 3. The van der Waals surface area contributed by atoms with Gasteiger partial charge < -0.3 is 5.43 Å². The van der Waals surface area contributed by atoms with E-state index in [0.717, 1.165) is 4.47 Å². The highest BCUT2D eigenvalue weighted by molar-refractivity contribution is 9.10. The molecule has 0 unspecified atom stereocenters. The lowest BCUT2D eigenvalue weighted by Crippen LogP contribution is -2.14. The molecule has 0 aliphatic heterocycles. The Morgan fingerprint density at radius 2 is 1.79 bits per heavy atom. The van der Waals surface area contributed by atoms with E-state index in [9.17, 15) is 8.42 Å². The lowest BCUT2D eigenvalue weighted by molar-refractivity contribution is 0.601. The second-order valence-electron chi connectivity index (χ2n) is 3.64. The summed E-state index contributed by atoms with van der Waals surface area (Å²) in [5.74, 6) is 5.56. The van der Waals surface area contributed by atoms with Crippen LogP contribution in [0.2, 0.25) is 0 Å². The fourth-order valence-corrected chi connectivity index (χ4v) is 2.62. The Kier molecular flexibility index (Phi) is 4.03. The number of nitrogen functional groups attached to an aromatic ring is 1. The molecule has 4 N–H and O–H groups in total. The van der Waals surface area contributed by atoms with Gasteiger partial charge in [0, 0.05) is 16.4 Å². The van der Waals surface area contributed by atoms with Crippen LogP contribution in [0.15, 0.2) is 52.0 Å². The summed E-state index contributed by atoms with van der Waals surface area (Å²) in [6.07, 6.45) is 1.23. The topological polar surface area (TPSA) is 97.1 Å². The van der Waals surface area contributed by atoms with Crippen molar-refractivity contribution in [2.24, 2.45) is 5.84 Å². The standard InChI is InChI=1S/C11H11BrN4O2S/c12-8-1-3-9(4-2-8)16-19(17,18)10-5-6-11(15-13)14-7-10/h1-7,16H,13H2,(H,14,15). The summed E-state index contributed by atoms with van der Waals surface area (Å²) in [5.41, 5.74) is 2.81. The summed E-state index contributed by atoms with van der Waals surface area (Å²) in [6.45, 7) is 0. The van der Waals surface area contributed by atoms with Crippen LogP contribution in [-0.4, -0.2) is 13.4 Å². The van der Waals surface area contributed by atoms with Crippen molar-refractivity contribution in [3.8, 4) is 0 Å². The third kappa shape index (κ3) is 3.43. The van der Waals surface area contributed by atoms with Crippen molar-refractivity contribution in [2.75, 3.05) is 10.1 Å². The van der Waals surface area contributed by atoms with Gasteiger partial charge in [0.05, 0.1) is 0 Å². The molecule has 2 rings (SSSR count). The minimum absolute atomic E-state index is 0.0643. The molecule has 1 heterocycles. The van der Waals surface area contributed by atoms with E-state index >= 15 is 0 Å². The molecule has 19 heavy (non-hydrogen) atoms. The molecule has 100 valence electrons. The van der Waals surface area contributed by atoms with Crippen LogP contribution in [0.4, 0.5) is 11.5 Å². The monoisotopic (exact) mass is 342 g/mol. The van der Waals surface area contributed by atoms with Gasteiger partial charge in [-0.2, -0.15) is 0 Å². The van der Waals surface area contributed by atoms with Gasteiger partial charge in [-0.25, -0.2) is 19.2 Å². The second kappa shape index (κ2) is 5.55. The maximum Gasteiger partial charge on any atom is 0.263 e. The normalized spacial score (nSPS) is 11.1. The summed E-state index contributed by atoms with van der Waals surface area (Å²) in [7, 11) is -3.65. The van der Waals surface area contributed by atoms with Crippen LogP contribution in [-0.2, 0) is 10.0 Å². The third-order valence-corrected chi connectivity index (χ3v) is 4.19. The number of benzene rings is 1. The van der Waals surface area contributed by atoms with Crippen LogP contribution in [0.5, 0.6) is 0 Å². The Morgan fingerprint density at radius 1 is 1.11 bits per heavy atom. The van der Waals surface area contributed by atoms with Gasteiger partial charge in [-0.15, -0.1) is 0 Å². The number of rotatable bonds is 4. The predicted octanol–water partition coefficient (Wildman–Crippen LogP) is 1.93. The van der Waals surface area contributed by atoms with Gasteiger partial charge in [-0.05, 0) is 36.4 Å². The maximum absolute atomic E-state index is 12.1. The molecule has 6 nitrogen and oxygen atoms in total. The van der Waals surface area contributed by atoms with Crippen molar-refractivity contribution in [1.29, 1.82) is 0 Å². The highest BCUT2D eigenvalue weighted by Crippen LogP contribution is 2.18. The quantitative estimate of drug-likeness (QED) is 0.582. The number of hydrazine groups is 1. The molecule has 0 amide bonds. The average Bonchev–Trinajstić information content (AvgIpc) is 2.41. The molecule has 0 bridgehead atoms. The molecule has 0 saturated carbocycles. The van der Waals surface area contributed by atoms with Gasteiger partial charge in [0.1, 0.15) is 10.7 Å². The van der Waals surface area contributed by atoms with Gasteiger partial charge >= 0.3 is 0 Å². The lowest BCUT2D eigenvalue weighted by Gasteiger charge is -2.08. The van der Waals surface area contributed by atoms with E-state index in [-0.39, 0.29) is 4.90 Å². The number of pyridine rings is 1. The molecule has 1 aromatic heterocycles. The molecule has 2 aromatic rings. The fraction of sp³-hybridized carbons (Fsp3) is 0. The first kappa shape index (κ1) is 13.8. The highest BCUT2D eigenvalue weighted by Gasteiger charge is 2.14. The Morgan fingerprint density at radius 3 is 2.32 bits per heavy atom. The van der Waals surface area contributed by atoms with E-state index < -0.39 is 10.0 Å². The lowest BCUT2D eigenvalue weighted by atomic mass is 10.3. The minimum Gasteiger partial charge on any atom is -0.308 e. The number of halogens is 1. The Hall–Kier alpha value is -1.64. The first-order chi connectivity index (χ1) is 9.01. The first-order valence-corrected chi connectivity index (χ1v) is 7.50. The van der Waals surface area contributed by atoms with Crippen LogP contribution in [0.25, 0.3) is 0 Å². The van der Waals surface area contributed by atoms with Crippen molar-refractivity contribution in [3.63, 3.8) is 0 Å². The average molecular weight is 343 g/mol. The van der Waals surface area contributed by atoms with Gasteiger partial charge in [0.2, 0.25) is 0 Å². The van der Waals surface area contributed by atoms with Crippen molar-refractivity contribution in [1.82, 2.24) is 4.98 Å². The minimum atomic E-state index is -3.65. The molecule has 0 fully saturated rings. The molecule has 0 aliphatic rings. The number of sulfonamides is 1. The molecule has 0 saturated heterocycles.